The summed E-state index contributed by atoms with van der Waals surface area (Å²) in [4.78, 5) is 0. The molecule has 1 aromatic rings. The lowest BCUT2D eigenvalue weighted by Gasteiger charge is -2.11. The summed E-state index contributed by atoms with van der Waals surface area (Å²) in [7, 11) is 0. The Hall–Kier alpha value is -1.06. The highest BCUT2D eigenvalue weighted by Crippen LogP contribution is 2.10. The minimum Gasteiger partial charge on any atom is -0.491 e. The Balaban J connectivity index is 1.97. The number of rotatable bonds is 9. The Kier molecular flexibility index (Phi) is 7.46. The molecular weight excluding hydrogens is 226 g/mol. The second-order valence-electron chi connectivity index (χ2n) is 4.54. The van der Waals surface area contributed by atoms with Crippen LogP contribution in [-0.2, 0) is 4.74 Å². The van der Waals surface area contributed by atoms with Crippen LogP contribution < -0.4 is 10.1 Å². The van der Waals surface area contributed by atoms with E-state index in [9.17, 15) is 0 Å². The smallest absolute Gasteiger partial charge is 0.119 e. The minimum atomic E-state index is 0.567. The van der Waals surface area contributed by atoms with Gasteiger partial charge in [0.25, 0.3) is 0 Å². The Morgan fingerprint density at radius 2 is 1.83 bits per heavy atom. The van der Waals surface area contributed by atoms with E-state index in [1.165, 1.54) is 5.56 Å². The molecule has 0 radical (unpaired) electrons. The van der Waals surface area contributed by atoms with E-state index in [0.717, 1.165) is 25.3 Å². The summed E-state index contributed by atoms with van der Waals surface area (Å²) in [6.45, 7) is 9.30. The van der Waals surface area contributed by atoms with E-state index in [4.69, 9.17) is 9.47 Å². The molecule has 3 heteroatoms. The average molecular weight is 251 g/mol. The van der Waals surface area contributed by atoms with Gasteiger partial charge >= 0.3 is 0 Å². The molecule has 0 bridgehead atoms. The first-order chi connectivity index (χ1) is 8.72. The molecule has 3 nitrogen and oxygen atoms in total. The molecular formula is C15H25NO2. The van der Waals surface area contributed by atoms with Gasteiger partial charge in [-0.3, -0.25) is 0 Å². The van der Waals surface area contributed by atoms with Crippen molar-refractivity contribution in [1.29, 1.82) is 0 Å². The number of hydrogen-bond donors (Lipinski definition) is 1. The Bertz CT molecular complexity index is 311. The lowest BCUT2D eigenvalue weighted by Crippen LogP contribution is -2.29. The van der Waals surface area contributed by atoms with Crippen LogP contribution in [0.2, 0.25) is 0 Å². The van der Waals surface area contributed by atoms with Gasteiger partial charge in [-0.2, -0.15) is 0 Å². The van der Waals surface area contributed by atoms with Gasteiger partial charge in [-0.1, -0.05) is 24.6 Å². The average Bonchev–Trinajstić information content (AvgIpc) is 2.39. The first kappa shape index (κ1) is 15.0. The van der Waals surface area contributed by atoms with Crippen molar-refractivity contribution in [3.8, 4) is 5.75 Å². The molecule has 0 saturated carbocycles. The van der Waals surface area contributed by atoms with Crippen LogP contribution in [0.3, 0.4) is 0 Å². The van der Waals surface area contributed by atoms with Gasteiger partial charge in [0, 0.05) is 12.6 Å². The topological polar surface area (TPSA) is 30.5 Å². The van der Waals surface area contributed by atoms with Gasteiger partial charge in [-0.05, 0) is 32.4 Å². The van der Waals surface area contributed by atoms with Gasteiger partial charge in [0.15, 0.2) is 0 Å². The summed E-state index contributed by atoms with van der Waals surface area (Å²) in [5.41, 5.74) is 1.25. The zero-order chi connectivity index (χ0) is 13.2. The highest BCUT2D eigenvalue weighted by Gasteiger charge is 1.96. The van der Waals surface area contributed by atoms with E-state index in [1.54, 1.807) is 0 Å². The van der Waals surface area contributed by atoms with Crippen molar-refractivity contribution < 1.29 is 9.47 Å². The quantitative estimate of drug-likeness (QED) is 0.685. The van der Waals surface area contributed by atoms with Crippen LogP contribution in [0.15, 0.2) is 24.3 Å². The standard InChI is InChI=1S/C15H25NO2/c1-4-14(3)16-9-10-17-11-12-18-15-7-5-13(2)6-8-15/h5-8,14,16H,4,9-12H2,1-3H3/t14-/m1/s1. The van der Waals surface area contributed by atoms with E-state index in [2.05, 4.69) is 26.1 Å². The molecule has 1 N–H and O–H groups in total. The van der Waals surface area contributed by atoms with Gasteiger partial charge in [-0.15, -0.1) is 0 Å². The Labute approximate surface area is 110 Å². The molecule has 0 spiro atoms. The third-order valence-electron chi connectivity index (χ3n) is 2.87. The van der Waals surface area contributed by atoms with Crippen molar-refractivity contribution >= 4 is 0 Å². The largest absolute Gasteiger partial charge is 0.491 e. The van der Waals surface area contributed by atoms with Crippen LogP contribution in [0.4, 0.5) is 0 Å². The van der Waals surface area contributed by atoms with E-state index < -0.39 is 0 Å². The third kappa shape index (κ3) is 6.62. The van der Waals surface area contributed by atoms with Gasteiger partial charge in [-0.25, -0.2) is 0 Å². The summed E-state index contributed by atoms with van der Waals surface area (Å²) in [5, 5.41) is 3.38. The molecule has 1 atom stereocenters. The van der Waals surface area contributed by atoms with E-state index in [0.29, 0.717) is 19.3 Å². The molecule has 0 fully saturated rings. The molecule has 1 aromatic carbocycles. The predicted molar refractivity (Wildman–Crippen MR) is 75.2 cm³/mol. The molecule has 0 unspecified atom stereocenters. The van der Waals surface area contributed by atoms with Crippen LogP contribution in [0, 0.1) is 6.92 Å². The first-order valence-corrected chi connectivity index (χ1v) is 6.73. The van der Waals surface area contributed by atoms with E-state index in [1.807, 2.05) is 24.3 Å². The maximum absolute atomic E-state index is 5.56. The Morgan fingerprint density at radius 1 is 1.11 bits per heavy atom. The highest BCUT2D eigenvalue weighted by molar-refractivity contribution is 5.26. The summed E-state index contributed by atoms with van der Waals surface area (Å²) >= 11 is 0. The van der Waals surface area contributed by atoms with Crippen molar-refractivity contribution in [3.63, 3.8) is 0 Å². The molecule has 102 valence electrons. The molecule has 0 heterocycles. The van der Waals surface area contributed by atoms with Gasteiger partial charge < -0.3 is 14.8 Å². The summed E-state index contributed by atoms with van der Waals surface area (Å²) < 4.78 is 11.1. The molecule has 0 aliphatic heterocycles. The SMILES string of the molecule is CC[C@@H](C)NCCOCCOc1ccc(C)cc1. The van der Waals surface area contributed by atoms with Crippen LogP contribution in [0.1, 0.15) is 25.8 Å². The maximum Gasteiger partial charge on any atom is 0.119 e. The van der Waals surface area contributed by atoms with Crippen molar-refractivity contribution in [2.45, 2.75) is 33.2 Å². The lowest BCUT2D eigenvalue weighted by molar-refractivity contribution is 0.100. The van der Waals surface area contributed by atoms with Crippen molar-refractivity contribution in [2.24, 2.45) is 0 Å². The zero-order valence-corrected chi connectivity index (χ0v) is 11.7. The van der Waals surface area contributed by atoms with Crippen LogP contribution in [-0.4, -0.2) is 32.4 Å². The third-order valence-corrected chi connectivity index (χ3v) is 2.87. The molecule has 18 heavy (non-hydrogen) atoms. The predicted octanol–water partition coefficient (Wildman–Crippen LogP) is 2.78. The minimum absolute atomic E-state index is 0.567. The number of ether oxygens (including phenoxy) is 2. The van der Waals surface area contributed by atoms with Gasteiger partial charge in [0.2, 0.25) is 0 Å². The fourth-order valence-electron chi connectivity index (χ4n) is 1.48. The summed E-state index contributed by atoms with van der Waals surface area (Å²) in [5.74, 6) is 0.905. The van der Waals surface area contributed by atoms with E-state index in [-0.39, 0.29) is 0 Å². The summed E-state index contributed by atoms with van der Waals surface area (Å²) in [6, 6.07) is 8.63. The number of benzene rings is 1. The molecule has 0 aliphatic rings. The van der Waals surface area contributed by atoms with Crippen molar-refractivity contribution in [2.75, 3.05) is 26.4 Å². The highest BCUT2D eigenvalue weighted by atomic mass is 16.5. The monoisotopic (exact) mass is 251 g/mol. The maximum atomic E-state index is 5.56. The molecule has 1 rings (SSSR count). The van der Waals surface area contributed by atoms with Gasteiger partial charge in [0.1, 0.15) is 12.4 Å². The van der Waals surface area contributed by atoms with E-state index >= 15 is 0 Å². The van der Waals surface area contributed by atoms with Crippen LogP contribution >= 0.6 is 0 Å². The number of hydrogen-bond acceptors (Lipinski definition) is 3. The number of aryl methyl sites for hydroxylation is 1. The van der Waals surface area contributed by atoms with Crippen molar-refractivity contribution in [1.82, 2.24) is 5.32 Å². The number of nitrogens with one attached hydrogen (secondary N) is 1. The second-order valence-corrected chi connectivity index (χ2v) is 4.54. The normalized spacial score (nSPS) is 12.4. The fourth-order valence-corrected chi connectivity index (χ4v) is 1.48. The fraction of sp³-hybridized carbons (Fsp3) is 0.600. The molecule has 0 amide bonds. The van der Waals surface area contributed by atoms with Crippen LogP contribution in [0.5, 0.6) is 5.75 Å². The van der Waals surface area contributed by atoms with Gasteiger partial charge in [0.05, 0.1) is 13.2 Å². The molecule has 0 aromatic heterocycles. The zero-order valence-electron chi connectivity index (χ0n) is 11.7. The second kappa shape index (κ2) is 8.95. The van der Waals surface area contributed by atoms with Crippen molar-refractivity contribution in [3.05, 3.63) is 29.8 Å². The molecule has 0 aliphatic carbocycles. The summed E-state index contributed by atoms with van der Waals surface area (Å²) in [6.07, 6.45) is 1.15. The van der Waals surface area contributed by atoms with Crippen LogP contribution in [0.25, 0.3) is 0 Å². The first-order valence-electron chi connectivity index (χ1n) is 6.73. The molecule has 0 saturated heterocycles. The lowest BCUT2D eigenvalue weighted by atomic mass is 10.2. The Morgan fingerprint density at radius 3 is 2.50 bits per heavy atom.